The molecular weight excluding hydrogens is 296 g/mol. The first-order valence-corrected chi connectivity index (χ1v) is 7.61. The highest BCUT2D eigenvalue weighted by Gasteiger charge is 2.32. The molecule has 7 heteroatoms. The molecule has 124 valence electrons. The van der Waals surface area contributed by atoms with Gasteiger partial charge in [0.25, 0.3) is 0 Å². The zero-order valence-corrected chi connectivity index (χ0v) is 13.2. The van der Waals surface area contributed by atoms with E-state index in [1.54, 1.807) is 7.05 Å². The number of nitrogens with one attached hydrogen (secondary N) is 1. The lowest BCUT2D eigenvalue weighted by atomic mass is 10.1. The van der Waals surface area contributed by atoms with Crippen LogP contribution in [0.25, 0.3) is 0 Å². The molecule has 1 atom stereocenters. The number of imide groups is 1. The van der Waals surface area contributed by atoms with Crippen LogP contribution >= 0.6 is 0 Å². The molecule has 3 N–H and O–H groups in total. The largest absolute Gasteiger partial charge is 0.354 e. The van der Waals surface area contributed by atoms with Gasteiger partial charge in [0.1, 0.15) is 6.54 Å². The summed E-state index contributed by atoms with van der Waals surface area (Å²) in [6.07, 6.45) is 0.694. The van der Waals surface area contributed by atoms with Crippen LogP contribution in [0.15, 0.2) is 30.3 Å². The fourth-order valence-corrected chi connectivity index (χ4v) is 2.42. The number of hydrogen-bond donors (Lipinski definition) is 2. The maximum absolute atomic E-state index is 11.8. The SMILES string of the molecule is CN1CC(=O)N(CCCC(=O)NCC(N)c2ccccc2)C1=O. The third-order valence-corrected chi connectivity index (χ3v) is 3.76. The maximum atomic E-state index is 11.8. The standard InChI is InChI=1S/C16H22N4O3/c1-19-11-15(22)20(16(19)23)9-5-8-14(21)18-10-13(17)12-6-3-2-4-7-12/h2-4,6-7,13H,5,8-11,17H2,1H3,(H,18,21). The van der Waals surface area contributed by atoms with Crippen molar-refractivity contribution in [2.75, 3.05) is 26.7 Å². The molecule has 1 unspecified atom stereocenters. The van der Waals surface area contributed by atoms with E-state index in [0.29, 0.717) is 13.0 Å². The van der Waals surface area contributed by atoms with Gasteiger partial charge >= 0.3 is 6.03 Å². The highest BCUT2D eigenvalue weighted by molar-refractivity contribution is 6.01. The van der Waals surface area contributed by atoms with E-state index >= 15 is 0 Å². The van der Waals surface area contributed by atoms with Crippen LogP contribution in [0.2, 0.25) is 0 Å². The van der Waals surface area contributed by atoms with Gasteiger partial charge < -0.3 is 16.0 Å². The molecule has 0 aliphatic carbocycles. The highest BCUT2D eigenvalue weighted by Crippen LogP contribution is 2.10. The van der Waals surface area contributed by atoms with Crippen molar-refractivity contribution in [1.82, 2.24) is 15.1 Å². The predicted octanol–water partition coefficient (Wildman–Crippen LogP) is 0.477. The second-order valence-electron chi connectivity index (χ2n) is 5.61. The molecule has 0 aromatic heterocycles. The highest BCUT2D eigenvalue weighted by atomic mass is 16.2. The topological polar surface area (TPSA) is 95.7 Å². The Morgan fingerprint density at radius 1 is 1.30 bits per heavy atom. The van der Waals surface area contributed by atoms with Crippen molar-refractivity contribution in [2.45, 2.75) is 18.9 Å². The molecule has 2 rings (SSSR count). The van der Waals surface area contributed by atoms with Crippen molar-refractivity contribution in [3.05, 3.63) is 35.9 Å². The minimum atomic E-state index is -0.304. The first-order chi connectivity index (χ1) is 11.0. The van der Waals surface area contributed by atoms with E-state index in [2.05, 4.69) is 5.32 Å². The molecule has 23 heavy (non-hydrogen) atoms. The van der Waals surface area contributed by atoms with Crippen LogP contribution in [0, 0.1) is 0 Å². The summed E-state index contributed by atoms with van der Waals surface area (Å²) in [6, 6.07) is 8.98. The number of likely N-dealkylation sites (N-methyl/N-ethyl adjacent to an activating group) is 1. The Hall–Kier alpha value is -2.41. The molecule has 1 saturated heterocycles. The number of urea groups is 1. The molecule has 1 aromatic rings. The summed E-state index contributed by atoms with van der Waals surface area (Å²) >= 11 is 0. The molecule has 0 spiro atoms. The van der Waals surface area contributed by atoms with Crippen LogP contribution in [0.4, 0.5) is 4.79 Å². The zero-order chi connectivity index (χ0) is 16.8. The van der Waals surface area contributed by atoms with Crippen LogP contribution in [0.5, 0.6) is 0 Å². The van der Waals surface area contributed by atoms with Gasteiger partial charge in [-0.15, -0.1) is 0 Å². The van der Waals surface area contributed by atoms with Crippen molar-refractivity contribution in [1.29, 1.82) is 0 Å². The van der Waals surface area contributed by atoms with Gasteiger partial charge in [-0.25, -0.2) is 4.79 Å². The minimum absolute atomic E-state index is 0.108. The molecule has 4 amide bonds. The molecule has 1 aliphatic rings. The molecule has 1 aliphatic heterocycles. The van der Waals surface area contributed by atoms with Gasteiger partial charge in [-0.05, 0) is 12.0 Å². The zero-order valence-electron chi connectivity index (χ0n) is 13.2. The second-order valence-corrected chi connectivity index (χ2v) is 5.61. The van der Waals surface area contributed by atoms with Gasteiger partial charge in [0.15, 0.2) is 0 Å². The van der Waals surface area contributed by atoms with E-state index in [1.165, 1.54) is 9.80 Å². The number of nitrogens with two attached hydrogens (primary N) is 1. The summed E-state index contributed by atoms with van der Waals surface area (Å²) in [6.45, 7) is 0.726. The second kappa shape index (κ2) is 7.73. The van der Waals surface area contributed by atoms with E-state index in [-0.39, 0.29) is 43.4 Å². The quantitative estimate of drug-likeness (QED) is 0.715. The molecule has 7 nitrogen and oxygen atoms in total. The van der Waals surface area contributed by atoms with Gasteiger partial charge in [-0.3, -0.25) is 14.5 Å². The number of carbonyl (C=O) groups excluding carboxylic acids is 3. The molecule has 0 radical (unpaired) electrons. The van der Waals surface area contributed by atoms with E-state index in [9.17, 15) is 14.4 Å². The minimum Gasteiger partial charge on any atom is -0.354 e. The number of nitrogens with zero attached hydrogens (tertiary/aromatic N) is 2. The number of carbonyl (C=O) groups is 3. The third-order valence-electron chi connectivity index (χ3n) is 3.76. The molecule has 1 fully saturated rings. The molecular formula is C16H22N4O3. The summed E-state index contributed by atoms with van der Waals surface area (Å²) in [5, 5.41) is 2.77. The Morgan fingerprint density at radius 3 is 2.61 bits per heavy atom. The van der Waals surface area contributed by atoms with Crippen LogP contribution in [-0.2, 0) is 9.59 Å². The summed E-state index contributed by atoms with van der Waals surface area (Å²) < 4.78 is 0. The smallest absolute Gasteiger partial charge is 0.326 e. The number of rotatable bonds is 7. The van der Waals surface area contributed by atoms with Crippen molar-refractivity contribution in [3.8, 4) is 0 Å². The number of benzene rings is 1. The monoisotopic (exact) mass is 318 g/mol. The Morgan fingerprint density at radius 2 is 2.00 bits per heavy atom. The lowest BCUT2D eigenvalue weighted by Crippen LogP contribution is -2.34. The fourth-order valence-electron chi connectivity index (χ4n) is 2.42. The van der Waals surface area contributed by atoms with Crippen LogP contribution in [0.3, 0.4) is 0 Å². The van der Waals surface area contributed by atoms with Gasteiger partial charge in [0.2, 0.25) is 11.8 Å². The lowest BCUT2D eigenvalue weighted by Gasteiger charge is -2.15. The van der Waals surface area contributed by atoms with Gasteiger partial charge in [-0.2, -0.15) is 0 Å². The van der Waals surface area contributed by atoms with Crippen molar-refractivity contribution < 1.29 is 14.4 Å². The van der Waals surface area contributed by atoms with E-state index in [1.807, 2.05) is 30.3 Å². The number of hydrogen-bond acceptors (Lipinski definition) is 4. The van der Waals surface area contributed by atoms with Gasteiger partial charge in [0, 0.05) is 32.6 Å². The van der Waals surface area contributed by atoms with Gasteiger partial charge in [0.05, 0.1) is 0 Å². The van der Waals surface area contributed by atoms with Crippen LogP contribution in [-0.4, -0.2) is 54.3 Å². The van der Waals surface area contributed by atoms with Crippen molar-refractivity contribution >= 4 is 17.8 Å². The van der Waals surface area contributed by atoms with Crippen molar-refractivity contribution in [3.63, 3.8) is 0 Å². The summed E-state index contributed by atoms with van der Waals surface area (Å²) in [4.78, 5) is 37.6. The molecule has 1 heterocycles. The average molecular weight is 318 g/mol. The summed E-state index contributed by atoms with van der Waals surface area (Å²) in [7, 11) is 1.58. The number of amides is 4. The average Bonchev–Trinajstić information content (AvgIpc) is 2.79. The summed E-state index contributed by atoms with van der Waals surface area (Å²) in [5.74, 6) is -0.354. The maximum Gasteiger partial charge on any atom is 0.326 e. The molecule has 0 saturated carbocycles. The third kappa shape index (κ3) is 4.53. The lowest BCUT2D eigenvalue weighted by molar-refractivity contribution is -0.126. The van der Waals surface area contributed by atoms with Crippen LogP contribution in [0.1, 0.15) is 24.4 Å². The van der Waals surface area contributed by atoms with E-state index < -0.39 is 0 Å². The Kier molecular flexibility index (Phi) is 5.70. The first kappa shape index (κ1) is 17.0. The van der Waals surface area contributed by atoms with E-state index in [0.717, 1.165) is 5.56 Å². The Balaban J connectivity index is 1.68. The van der Waals surface area contributed by atoms with Gasteiger partial charge in [-0.1, -0.05) is 30.3 Å². The molecule has 0 bridgehead atoms. The Labute approximate surface area is 135 Å². The fraction of sp³-hybridized carbons (Fsp3) is 0.438. The van der Waals surface area contributed by atoms with Crippen LogP contribution < -0.4 is 11.1 Å². The predicted molar refractivity (Wildman–Crippen MR) is 85.4 cm³/mol. The Bertz CT molecular complexity index is 576. The normalized spacial score (nSPS) is 15.9. The summed E-state index contributed by atoms with van der Waals surface area (Å²) in [5.41, 5.74) is 6.97. The van der Waals surface area contributed by atoms with E-state index in [4.69, 9.17) is 5.73 Å². The van der Waals surface area contributed by atoms with Crippen molar-refractivity contribution in [2.24, 2.45) is 5.73 Å². The molecule has 1 aromatic carbocycles. The first-order valence-electron chi connectivity index (χ1n) is 7.61.